The number of nitrogens with one attached hydrogen (secondary N) is 1. The minimum absolute atomic E-state index is 0.126. The summed E-state index contributed by atoms with van der Waals surface area (Å²) in [5.74, 6) is 0.559. The summed E-state index contributed by atoms with van der Waals surface area (Å²) in [5, 5.41) is 2.91. The van der Waals surface area contributed by atoms with Crippen LogP contribution in [-0.2, 0) is 16.1 Å². The molecule has 1 atom stereocenters. The van der Waals surface area contributed by atoms with Crippen molar-refractivity contribution >= 4 is 27.7 Å². The number of hydrogen-bond acceptors (Lipinski definition) is 3. The Labute approximate surface area is 181 Å². The molecule has 29 heavy (non-hydrogen) atoms. The third-order valence-corrected chi connectivity index (χ3v) is 4.97. The first-order chi connectivity index (χ1) is 13.8. The van der Waals surface area contributed by atoms with Gasteiger partial charge in [0.05, 0.1) is 0 Å². The summed E-state index contributed by atoms with van der Waals surface area (Å²) in [5.41, 5.74) is 2.06. The van der Waals surface area contributed by atoms with E-state index in [9.17, 15) is 9.59 Å². The van der Waals surface area contributed by atoms with E-state index >= 15 is 0 Å². The number of hydrogen-bond donors (Lipinski definition) is 1. The second-order valence-electron chi connectivity index (χ2n) is 7.57. The zero-order valence-corrected chi connectivity index (χ0v) is 19.0. The van der Waals surface area contributed by atoms with Gasteiger partial charge >= 0.3 is 0 Å². The molecule has 1 N–H and O–H groups in total. The van der Waals surface area contributed by atoms with Gasteiger partial charge < -0.3 is 15.0 Å². The Bertz CT molecular complexity index is 821. The summed E-state index contributed by atoms with van der Waals surface area (Å²) in [6.07, 6.45) is 0. The first kappa shape index (κ1) is 22.9. The Kier molecular flexibility index (Phi) is 8.70. The zero-order chi connectivity index (χ0) is 21.4. The lowest BCUT2D eigenvalue weighted by Crippen LogP contribution is -2.49. The second kappa shape index (κ2) is 11.0. The quantitative estimate of drug-likeness (QED) is 0.605. The highest BCUT2D eigenvalue weighted by atomic mass is 79.9. The van der Waals surface area contributed by atoms with Crippen LogP contribution in [0.15, 0.2) is 53.0 Å². The number of halogens is 1. The molecule has 2 aromatic rings. The number of carbonyl (C=O) groups is 2. The van der Waals surface area contributed by atoms with Gasteiger partial charge in [-0.1, -0.05) is 59.6 Å². The van der Waals surface area contributed by atoms with Crippen molar-refractivity contribution < 1.29 is 14.3 Å². The maximum atomic E-state index is 13.0. The van der Waals surface area contributed by atoms with Crippen molar-refractivity contribution in [1.29, 1.82) is 0 Å². The molecule has 0 aliphatic heterocycles. The molecule has 0 aromatic heterocycles. The van der Waals surface area contributed by atoms with Crippen molar-refractivity contribution in [2.45, 2.75) is 40.3 Å². The molecule has 156 valence electrons. The Balaban J connectivity index is 2.12. The molecule has 0 aliphatic carbocycles. The topological polar surface area (TPSA) is 58.6 Å². The molecular weight excluding hydrogens is 432 g/mol. The van der Waals surface area contributed by atoms with E-state index in [1.165, 1.54) is 0 Å². The van der Waals surface area contributed by atoms with Gasteiger partial charge in [0, 0.05) is 17.6 Å². The SMILES string of the molecule is Cc1ccc(OCC(=O)N(Cc2cccc(Br)c2)C(C)C(=O)NCC(C)C)cc1. The van der Waals surface area contributed by atoms with Crippen molar-refractivity contribution in [3.8, 4) is 5.75 Å². The van der Waals surface area contributed by atoms with Crippen LogP contribution in [0.5, 0.6) is 5.75 Å². The van der Waals surface area contributed by atoms with Crippen molar-refractivity contribution in [3.05, 3.63) is 64.1 Å². The number of ether oxygens (including phenoxy) is 1. The molecule has 0 saturated carbocycles. The Hall–Kier alpha value is -2.34. The number of amides is 2. The van der Waals surface area contributed by atoms with Crippen LogP contribution < -0.4 is 10.1 Å². The highest BCUT2D eigenvalue weighted by Crippen LogP contribution is 2.16. The fourth-order valence-corrected chi connectivity index (χ4v) is 3.18. The van der Waals surface area contributed by atoms with Crippen molar-refractivity contribution in [1.82, 2.24) is 10.2 Å². The highest BCUT2D eigenvalue weighted by Gasteiger charge is 2.26. The van der Waals surface area contributed by atoms with E-state index in [1.54, 1.807) is 11.8 Å². The molecule has 2 rings (SSSR count). The van der Waals surface area contributed by atoms with E-state index < -0.39 is 6.04 Å². The number of benzene rings is 2. The predicted octanol–water partition coefficient (Wildman–Crippen LogP) is 4.33. The lowest BCUT2D eigenvalue weighted by molar-refractivity contribution is -0.142. The van der Waals surface area contributed by atoms with Crippen molar-refractivity contribution in [2.75, 3.05) is 13.2 Å². The van der Waals surface area contributed by atoms with Crippen LogP contribution in [0.1, 0.15) is 31.9 Å². The number of rotatable bonds is 9. The second-order valence-corrected chi connectivity index (χ2v) is 8.48. The van der Waals surface area contributed by atoms with E-state index in [-0.39, 0.29) is 18.4 Å². The van der Waals surface area contributed by atoms with E-state index in [1.807, 2.05) is 69.3 Å². The molecule has 0 spiro atoms. The third-order valence-electron chi connectivity index (χ3n) is 4.48. The molecular formula is C23H29BrN2O3. The van der Waals surface area contributed by atoms with Crippen molar-refractivity contribution in [2.24, 2.45) is 5.92 Å². The molecule has 0 fully saturated rings. The minimum atomic E-state index is -0.609. The fraction of sp³-hybridized carbons (Fsp3) is 0.391. The lowest BCUT2D eigenvalue weighted by atomic mass is 10.1. The van der Waals surface area contributed by atoms with E-state index in [0.29, 0.717) is 24.8 Å². The Morgan fingerprint density at radius 3 is 2.41 bits per heavy atom. The maximum Gasteiger partial charge on any atom is 0.261 e. The van der Waals surface area contributed by atoms with Crippen LogP contribution in [0.3, 0.4) is 0 Å². The van der Waals surface area contributed by atoms with Gasteiger partial charge in [-0.05, 0) is 49.6 Å². The molecule has 0 heterocycles. The van der Waals surface area contributed by atoms with Gasteiger partial charge in [-0.25, -0.2) is 0 Å². The molecule has 2 aromatic carbocycles. The molecule has 0 bridgehead atoms. The van der Waals surface area contributed by atoms with Gasteiger partial charge in [-0.2, -0.15) is 0 Å². The molecule has 1 unspecified atom stereocenters. The van der Waals surface area contributed by atoms with Crippen LogP contribution in [0.4, 0.5) is 0 Å². The van der Waals surface area contributed by atoms with E-state index in [4.69, 9.17) is 4.74 Å². The summed E-state index contributed by atoms with van der Waals surface area (Å²) in [4.78, 5) is 27.1. The monoisotopic (exact) mass is 460 g/mol. The van der Waals surface area contributed by atoms with Crippen LogP contribution in [0, 0.1) is 12.8 Å². The average molecular weight is 461 g/mol. The smallest absolute Gasteiger partial charge is 0.261 e. The standard InChI is InChI=1S/C23H29BrN2O3/c1-16(2)13-25-23(28)18(4)26(14-19-6-5-7-20(24)12-19)22(27)15-29-21-10-8-17(3)9-11-21/h5-12,16,18H,13-15H2,1-4H3,(H,25,28). The van der Waals surface area contributed by atoms with E-state index in [2.05, 4.69) is 21.2 Å². The number of aryl methyl sites for hydroxylation is 1. The van der Waals surface area contributed by atoms with Crippen LogP contribution in [-0.4, -0.2) is 35.9 Å². The molecule has 0 saturated heterocycles. The third kappa shape index (κ3) is 7.54. The summed E-state index contributed by atoms with van der Waals surface area (Å²) in [7, 11) is 0. The summed E-state index contributed by atoms with van der Waals surface area (Å²) >= 11 is 3.46. The molecule has 0 radical (unpaired) electrons. The van der Waals surface area contributed by atoms with Gasteiger partial charge in [0.2, 0.25) is 5.91 Å². The van der Waals surface area contributed by atoms with Crippen LogP contribution in [0.2, 0.25) is 0 Å². The average Bonchev–Trinajstić information content (AvgIpc) is 2.69. The maximum absolute atomic E-state index is 13.0. The number of nitrogens with zero attached hydrogens (tertiary/aromatic N) is 1. The molecule has 2 amide bonds. The van der Waals surface area contributed by atoms with Crippen LogP contribution in [0.25, 0.3) is 0 Å². The molecule has 6 heteroatoms. The first-order valence-corrected chi connectivity index (χ1v) is 10.6. The zero-order valence-electron chi connectivity index (χ0n) is 17.4. The number of carbonyl (C=O) groups excluding carboxylic acids is 2. The molecule has 5 nitrogen and oxygen atoms in total. The van der Waals surface area contributed by atoms with Gasteiger partial charge in [0.15, 0.2) is 6.61 Å². The predicted molar refractivity (Wildman–Crippen MR) is 119 cm³/mol. The fourth-order valence-electron chi connectivity index (χ4n) is 2.73. The van der Waals surface area contributed by atoms with Gasteiger partial charge in [-0.15, -0.1) is 0 Å². The van der Waals surface area contributed by atoms with Crippen LogP contribution >= 0.6 is 15.9 Å². The first-order valence-electron chi connectivity index (χ1n) is 9.77. The van der Waals surface area contributed by atoms with Crippen molar-refractivity contribution in [3.63, 3.8) is 0 Å². The summed E-state index contributed by atoms with van der Waals surface area (Å²) < 4.78 is 6.59. The minimum Gasteiger partial charge on any atom is -0.484 e. The van der Waals surface area contributed by atoms with Gasteiger partial charge in [0.25, 0.3) is 5.91 Å². The highest BCUT2D eigenvalue weighted by molar-refractivity contribution is 9.10. The molecule has 0 aliphatic rings. The van der Waals surface area contributed by atoms with Gasteiger partial charge in [-0.3, -0.25) is 9.59 Å². The summed E-state index contributed by atoms with van der Waals surface area (Å²) in [6.45, 7) is 8.58. The Morgan fingerprint density at radius 2 is 1.79 bits per heavy atom. The summed E-state index contributed by atoms with van der Waals surface area (Å²) in [6, 6.07) is 14.6. The lowest BCUT2D eigenvalue weighted by Gasteiger charge is -2.29. The normalized spacial score (nSPS) is 11.8. The largest absolute Gasteiger partial charge is 0.484 e. The van der Waals surface area contributed by atoms with Gasteiger partial charge in [0.1, 0.15) is 11.8 Å². The van der Waals surface area contributed by atoms with E-state index in [0.717, 1.165) is 15.6 Å². The Morgan fingerprint density at radius 1 is 1.10 bits per heavy atom.